The van der Waals surface area contributed by atoms with Gasteiger partial charge in [-0.3, -0.25) is 4.79 Å². The Bertz CT molecular complexity index is 1440. The first-order valence-corrected chi connectivity index (χ1v) is 13.0. The maximum atomic E-state index is 13.0. The van der Waals surface area contributed by atoms with Gasteiger partial charge >= 0.3 is 5.97 Å². The highest BCUT2D eigenvalue weighted by Gasteiger charge is 2.22. The van der Waals surface area contributed by atoms with Crippen molar-refractivity contribution < 1.29 is 24.2 Å². The van der Waals surface area contributed by atoms with Crippen molar-refractivity contribution in [2.75, 3.05) is 6.61 Å². The highest BCUT2D eigenvalue weighted by atomic mass is 16.5. The molecule has 0 saturated heterocycles. The van der Waals surface area contributed by atoms with Gasteiger partial charge in [0.05, 0.1) is 13.2 Å². The summed E-state index contributed by atoms with van der Waals surface area (Å²) in [5.74, 6) is -0.341. The van der Waals surface area contributed by atoms with Crippen molar-refractivity contribution in [2.24, 2.45) is 0 Å². The van der Waals surface area contributed by atoms with Crippen molar-refractivity contribution in [3.8, 4) is 11.5 Å². The van der Waals surface area contributed by atoms with Crippen LogP contribution in [0.5, 0.6) is 11.5 Å². The van der Waals surface area contributed by atoms with E-state index in [1.165, 1.54) is 5.56 Å². The van der Waals surface area contributed by atoms with E-state index in [9.17, 15) is 14.7 Å². The number of ether oxygens (including phenoxy) is 2. The normalized spacial score (nSPS) is 12.2. The van der Waals surface area contributed by atoms with E-state index in [-0.39, 0.29) is 24.3 Å². The predicted octanol–water partition coefficient (Wildman–Crippen LogP) is 6.29. The summed E-state index contributed by atoms with van der Waals surface area (Å²) in [6, 6.07) is 23.6. The number of amides is 1. The average molecular weight is 527 g/mol. The Balaban J connectivity index is 1.48. The molecule has 39 heavy (non-hydrogen) atoms. The van der Waals surface area contributed by atoms with Crippen LogP contribution < -0.4 is 10.1 Å². The van der Waals surface area contributed by atoms with E-state index in [0.29, 0.717) is 12.2 Å². The molecule has 202 valence electrons. The SMILES string of the molecule is CCc1nc(C(=O)N[C@@H](COCc2ccccc2)C(=O)O)cc2ccc(Oc3ccc(C(C)(C)C)cc3)cc12. The monoisotopic (exact) mass is 526 g/mol. The third-order valence-corrected chi connectivity index (χ3v) is 6.41. The smallest absolute Gasteiger partial charge is 0.328 e. The van der Waals surface area contributed by atoms with Crippen LogP contribution in [0.1, 0.15) is 55.0 Å². The fourth-order valence-corrected chi connectivity index (χ4v) is 4.18. The molecule has 0 unspecified atom stereocenters. The van der Waals surface area contributed by atoms with E-state index in [4.69, 9.17) is 9.47 Å². The Morgan fingerprint density at radius 1 is 0.949 bits per heavy atom. The van der Waals surface area contributed by atoms with Crippen LogP contribution >= 0.6 is 0 Å². The van der Waals surface area contributed by atoms with Gasteiger partial charge in [-0.05, 0) is 58.7 Å². The van der Waals surface area contributed by atoms with E-state index >= 15 is 0 Å². The number of hydrogen-bond donors (Lipinski definition) is 2. The van der Waals surface area contributed by atoms with Gasteiger partial charge in [0.1, 0.15) is 17.2 Å². The number of aryl methyl sites for hydroxylation is 1. The van der Waals surface area contributed by atoms with Gasteiger partial charge in [0, 0.05) is 11.1 Å². The number of carboxylic acids is 1. The maximum absolute atomic E-state index is 13.0. The molecule has 0 aliphatic carbocycles. The number of carbonyl (C=O) groups is 2. The first kappa shape index (κ1) is 27.8. The number of nitrogens with one attached hydrogen (secondary N) is 1. The summed E-state index contributed by atoms with van der Waals surface area (Å²) in [4.78, 5) is 29.3. The second-order valence-electron chi connectivity index (χ2n) is 10.4. The van der Waals surface area contributed by atoms with E-state index in [1.807, 2.05) is 67.6 Å². The topological polar surface area (TPSA) is 97.8 Å². The molecule has 0 spiro atoms. The fraction of sp³-hybridized carbons (Fsp3) is 0.281. The maximum Gasteiger partial charge on any atom is 0.328 e. The molecule has 0 saturated carbocycles. The van der Waals surface area contributed by atoms with Crippen molar-refractivity contribution in [2.45, 2.75) is 52.2 Å². The first-order valence-electron chi connectivity index (χ1n) is 13.0. The standard InChI is InChI=1S/C32H34N2O5/c1-5-27-26-18-25(39-24-15-12-23(13-16-24)32(2,3)4)14-11-22(26)17-28(33-27)30(35)34-29(31(36)37)20-38-19-21-9-7-6-8-10-21/h6-18,29H,5,19-20H2,1-4H3,(H,34,35)(H,36,37)/t29-/m0/s1. The number of aliphatic carboxylic acids is 1. The van der Waals surface area contributed by atoms with E-state index in [0.717, 1.165) is 27.8 Å². The lowest BCUT2D eigenvalue weighted by molar-refractivity contribution is -0.141. The fourth-order valence-electron chi connectivity index (χ4n) is 4.18. The summed E-state index contributed by atoms with van der Waals surface area (Å²) in [7, 11) is 0. The Morgan fingerprint density at radius 2 is 1.64 bits per heavy atom. The number of benzene rings is 3. The molecule has 0 bridgehead atoms. The molecule has 7 nitrogen and oxygen atoms in total. The molecule has 1 amide bonds. The lowest BCUT2D eigenvalue weighted by Crippen LogP contribution is -2.44. The first-order chi connectivity index (χ1) is 18.6. The van der Waals surface area contributed by atoms with Crippen LogP contribution in [-0.2, 0) is 28.0 Å². The number of nitrogens with zero attached hydrogens (tertiary/aromatic N) is 1. The van der Waals surface area contributed by atoms with Crippen LogP contribution in [0.4, 0.5) is 0 Å². The third kappa shape index (κ3) is 7.21. The summed E-state index contributed by atoms with van der Waals surface area (Å²) >= 11 is 0. The van der Waals surface area contributed by atoms with Gasteiger partial charge in [-0.25, -0.2) is 9.78 Å². The number of hydrogen-bond acceptors (Lipinski definition) is 5. The largest absolute Gasteiger partial charge is 0.480 e. The van der Waals surface area contributed by atoms with Crippen molar-refractivity contribution in [3.63, 3.8) is 0 Å². The molecule has 1 atom stereocenters. The molecule has 0 radical (unpaired) electrons. The molecule has 2 N–H and O–H groups in total. The highest BCUT2D eigenvalue weighted by molar-refractivity contribution is 5.99. The zero-order valence-corrected chi connectivity index (χ0v) is 22.7. The molecule has 1 aromatic heterocycles. The Hall–Kier alpha value is -4.23. The molecule has 4 rings (SSSR count). The van der Waals surface area contributed by atoms with Crippen LogP contribution in [0.25, 0.3) is 10.8 Å². The van der Waals surface area contributed by atoms with Gasteiger partial charge < -0.3 is 19.9 Å². The van der Waals surface area contributed by atoms with Gasteiger partial charge in [-0.2, -0.15) is 0 Å². The summed E-state index contributed by atoms with van der Waals surface area (Å²) in [6.45, 7) is 8.55. The molecular weight excluding hydrogens is 492 g/mol. The Kier molecular flexibility index (Phi) is 8.62. The minimum Gasteiger partial charge on any atom is -0.480 e. The second kappa shape index (κ2) is 12.1. The second-order valence-corrected chi connectivity index (χ2v) is 10.4. The summed E-state index contributed by atoms with van der Waals surface area (Å²) in [5, 5.41) is 13.8. The minimum atomic E-state index is -1.20. The van der Waals surface area contributed by atoms with E-state index < -0.39 is 17.9 Å². The van der Waals surface area contributed by atoms with Crippen LogP contribution in [0.3, 0.4) is 0 Å². The Morgan fingerprint density at radius 3 is 2.28 bits per heavy atom. The minimum absolute atomic E-state index is 0.0623. The van der Waals surface area contributed by atoms with Crippen molar-refractivity contribution >= 4 is 22.6 Å². The van der Waals surface area contributed by atoms with E-state index in [2.05, 4.69) is 43.2 Å². The lowest BCUT2D eigenvalue weighted by Gasteiger charge is -2.19. The van der Waals surface area contributed by atoms with Gasteiger partial charge in [-0.15, -0.1) is 0 Å². The number of pyridine rings is 1. The van der Waals surface area contributed by atoms with Crippen LogP contribution in [0, 0.1) is 0 Å². The van der Waals surface area contributed by atoms with Gasteiger partial charge in [0.2, 0.25) is 0 Å². The highest BCUT2D eigenvalue weighted by Crippen LogP contribution is 2.30. The molecule has 7 heteroatoms. The van der Waals surface area contributed by atoms with Crippen LogP contribution in [0.2, 0.25) is 0 Å². The zero-order valence-electron chi connectivity index (χ0n) is 22.7. The molecule has 0 fully saturated rings. The number of aromatic nitrogens is 1. The predicted molar refractivity (Wildman–Crippen MR) is 151 cm³/mol. The summed E-state index contributed by atoms with van der Waals surface area (Å²) < 4.78 is 11.6. The molecule has 1 heterocycles. The molecular formula is C32H34N2O5. The number of rotatable bonds is 10. The van der Waals surface area contributed by atoms with Gasteiger partial charge in [-0.1, -0.05) is 76.2 Å². The lowest BCUT2D eigenvalue weighted by atomic mass is 9.87. The van der Waals surface area contributed by atoms with Crippen LogP contribution in [-0.4, -0.2) is 34.6 Å². The third-order valence-electron chi connectivity index (χ3n) is 6.41. The van der Waals surface area contributed by atoms with Gasteiger partial charge in [0.25, 0.3) is 5.91 Å². The Labute approximate surface area is 228 Å². The molecule has 0 aliphatic rings. The van der Waals surface area contributed by atoms with Crippen LogP contribution in [0.15, 0.2) is 78.9 Å². The quantitative estimate of drug-likeness (QED) is 0.252. The number of carbonyl (C=O) groups excluding carboxylic acids is 1. The van der Waals surface area contributed by atoms with E-state index in [1.54, 1.807) is 6.07 Å². The van der Waals surface area contributed by atoms with Crippen molar-refractivity contribution in [3.05, 3.63) is 101 Å². The molecule has 4 aromatic rings. The molecule has 3 aromatic carbocycles. The van der Waals surface area contributed by atoms with Crippen molar-refractivity contribution in [1.82, 2.24) is 10.3 Å². The zero-order chi connectivity index (χ0) is 28.0. The summed E-state index contributed by atoms with van der Waals surface area (Å²) in [6.07, 6.45) is 0.587. The van der Waals surface area contributed by atoms with Crippen molar-refractivity contribution in [1.29, 1.82) is 0 Å². The van der Waals surface area contributed by atoms with Gasteiger partial charge in [0.15, 0.2) is 6.04 Å². The number of carboxylic acid groups (broad SMARTS) is 1. The molecule has 0 aliphatic heterocycles. The number of fused-ring (bicyclic) bond motifs is 1. The summed E-state index contributed by atoms with van der Waals surface area (Å²) in [5.41, 5.74) is 3.08. The average Bonchev–Trinajstić information content (AvgIpc) is 2.92.